The molecule has 0 atom stereocenters. The standard InChI is InChI=1S/C17H26O/c1-3-4-5-6-7-8-9-10-15-18-17-13-11-16(2)12-14-17/h2,11-14H,3-10,15H2,1H3. The Hall–Kier alpha value is -0.980. The highest BCUT2D eigenvalue weighted by atomic mass is 16.5. The van der Waals surface area contributed by atoms with Crippen molar-refractivity contribution < 1.29 is 4.74 Å². The fraction of sp³-hybridized carbons (Fsp3) is 0.588. The summed E-state index contributed by atoms with van der Waals surface area (Å²) in [5, 5.41) is 0. The van der Waals surface area contributed by atoms with Gasteiger partial charge in [-0.05, 0) is 31.0 Å². The van der Waals surface area contributed by atoms with Crippen LogP contribution >= 0.6 is 0 Å². The zero-order valence-electron chi connectivity index (χ0n) is 11.7. The van der Waals surface area contributed by atoms with E-state index in [-0.39, 0.29) is 0 Å². The van der Waals surface area contributed by atoms with E-state index in [9.17, 15) is 0 Å². The summed E-state index contributed by atoms with van der Waals surface area (Å²) in [6, 6.07) is 7.62. The van der Waals surface area contributed by atoms with Gasteiger partial charge in [0.1, 0.15) is 5.75 Å². The van der Waals surface area contributed by atoms with Crippen molar-refractivity contribution in [3.8, 4) is 5.75 Å². The molecule has 0 amide bonds. The quantitative estimate of drug-likeness (QED) is 0.511. The van der Waals surface area contributed by atoms with Crippen LogP contribution in [0.15, 0.2) is 24.3 Å². The predicted molar refractivity (Wildman–Crippen MR) is 77.9 cm³/mol. The summed E-state index contributed by atoms with van der Waals surface area (Å²) in [6.45, 7) is 8.69. The van der Waals surface area contributed by atoms with Crippen LogP contribution in [-0.2, 0) is 0 Å². The summed E-state index contributed by atoms with van der Waals surface area (Å²) >= 11 is 0. The molecule has 1 aromatic carbocycles. The van der Waals surface area contributed by atoms with E-state index in [0.717, 1.165) is 24.3 Å². The molecule has 1 aromatic rings. The summed E-state index contributed by atoms with van der Waals surface area (Å²) in [7, 11) is 0. The minimum atomic E-state index is 0.787. The van der Waals surface area contributed by atoms with E-state index in [1.165, 1.54) is 44.9 Å². The van der Waals surface area contributed by atoms with Gasteiger partial charge in [0, 0.05) is 0 Å². The monoisotopic (exact) mass is 246 g/mol. The second-order valence-electron chi connectivity index (χ2n) is 4.89. The van der Waals surface area contributed by atoms with Crippen molar-refractivity contribution in [1.29, 1.82) is 0 Å². The molecule has 0 aliphatic heterocycles. The van der Waals surface area contributed by atoms with Crippen LogP contribution in [0.5, 0.6) is 5.75 Å². The van der Waals surface area contributed by atoms with Gasteiger partial charge in [-0.3, -0.25) is 0 Å². The molecule has 0 saturated heterocycles. The molecule has 0 unspecified atom stereocenters. The lowest BCUT2D eigenvalue weighted by atomic mass is 10.1. The molecule has 2 radical (unpaired) electrons. The van der Waals surface area contributed by atoms with Gasteiger partial charge in [0.15, 0.2) is 0 Å². The molecule has 1 rings (SSSR count). The van der Waals surface area contributed by atoms with Gasteiger partial charge in [-0.25, -0.2) is 0 Å². The lowest BCUT2D eigenvalue weighted by molar-refractivity contribution is 0.304. The molecule has 0 saturated carbocycles. The number of rotatable bonds is 10. The third kappa shape index (κ3) is 7.37. The van der Waals surface area contributed by atoms with Crippen LogP contribution in [0.2, 0.25) is 0 Å². The van der Waals surface area contributed by atoms with Crippen LogP contribution in [0.4, 0.5) is 0 Å². The van der Waals surface area contributed by atoms with Crippen LogP contribution < -0.4 is 4.74 Å². The maximum atomic E-state index is 5.65. The van der Waals surface area contributed by atoms with Crippen molar-refractivity contribution in [3.63, 3.8) is 0 Å². The molecule has 0 aromatic heterocycles. The van der Waals surface area contributed by atoms with Gasteiger partial charge in [-0.15, -0.1) is 0 Å². The van der Waals surface area contributed by atoms with Crippen LogP contribution in [0, 0.1) is 6.92 Å². The van der Waals surface area contributed by atoms with Gasteiger partial charge >= 0.3 is 0 Å². The van der Waals surface area contributed by atoms with E-state index < -0.39 is 0 Å². The fourth-order valence-electron chi connectivity index (χ4n) is 1.99. The molecular formula is C17H26O. The lowest BCUT2D eigenvalue weighted by Crippen LogP contribution is -1.97. The Balaban J connectivity index is 1.91. The molecule has 0 aliphatic carbocycles. The maximum Gasteiger partial charge on any atom is 0.119 e. The van der Waals surface area contributed by atoms with Gasteiger partial charge in [0.05, 0.1) is 6.61 Å². The van der Waals surface area contributed by atoms with E-state index in [4.69, 9.17) is 11.7 Å². The Bertz CT molecular complexity index is 289. The average molecular weight is 246 g/mol. The van der Waals surface area contributed by atoms with E-state index in [1.807, 2.05) is 24.3 Å². The summed E-state index contributed by atoms with van der Waals surface area (Å²) in [6.07, 6.45) is 10.7. The third-order valence-electron chi connectivity index (χ3n) is 3.15. The Morgan fingerprint density at radius 2 is 1.39 bits per heavy atom. The zero-order valence-corrected chi connectivity index (χ0v) is 11.7. The summed E-state index contributed by atoms with van der Waals surface area (Å²) in [4.78, 5) is 0. The van der Waals surface area contributed by atoms with Crippen molar-refractivity contribution in [2.45, 2.75) is 58.3 Å². The van der Waals surface area contributed by atoms with Crippen molar-refractivity contribution in [2.75, 3.05) is 6.61 Å². The molecule has 0 spiro atoms. The molecule has 0 fully saturated rings. The summed E-state index contributed by atoms with van der Waals surface area (Å²) < 4.78 is 5.65. The fourth-order valence-corrected chi connectivity index (χ4v) is 1.99. The number of benzene rings is 1. The first kappa shape index (κ1) is 15.1. The zero-order chi connectivity index (χ0) is 13.1. The van der Waals surface area contributed by atoms with Crippen molar-refractivity contribution in [2.24, 2.45) is 0 Å². The number of hydrogen-bond donors (Lipinski definition) is 0. The van der Waals surface area contributed by atoms with Crippen LogP contribution in [0.25, 0.3) is 0 Å². The number of ether oxygens (including phenoxy) is 1. The lowest BCUT2D eigenvalue weighted by Gasteiger charge is -2.06. The topological polar surface area (TPSA) is 9.23 Å². The van der Waals surface area contributed by atoms with Gasteiger partial charge in [0.25, 0.3) is 0 Å². The SMILES string of the molecule is [CH]c1ccc(OCCCCCCCCCC)cc1. The van der Waals surface area contributed by atoms with E-state index in [2.05, 4.69) is 6.92 Å². The van der Waals surface area contributed by atoms with Crippen molar-refractivity contribution >= 4 is 0 Å². The molecule has 0 heterocycles. The van der Waals surface area contributed by atoms with Crippen LogP contribution in [0.3, 0.4) is 0 Å². The molecule has 0 N–H and O–H groups in total. The Morgan fingerprint density at radius 3 is 2.00 bits per heavy atom. The minimum absolute atomic E-state index is 0.787. The molecule has 1 heteroatoms. The van der Waals surface area contributed by atoms with Gasteiger partial charge < -0.3 is 4.74 Å². The van der Waals surface area contributed by atoms with Crippen molar-refractivity contribution in [3.05, 3.63) is 36.8 Å². The van der Waals surface area contributed by atoms with Gasteiger partial charge in [0.2, 0.25) is 0 Å². The second kappa shape index (κ2) is 9.99. The molecule has 0 aliphatic rings. The Morgan fingerprint density at radius 1 is 0.833 bits per heavy atom. The molecule has 0 bridgehead atoms. The first-order valence-electron chi connectivity index (χ1n) is 7.31. The average Bonchev–Trinajstić information content (AvgIpc) is 2.39. The molecule has 1 nitrogen and oxygen atoms in total. The summed E-state index contributed by atoms with van der Waals surface area (Å²) in [5.74, 6) is 0.923. The predicted octanol–water partition coefficient (Wildman–Crippen LogP) is 5.27. The number of hydrogen-bond acceptors (Lipinski definition) is 1. The van der Waals surface area contributed by atoms with Crippen molar-refractivity contribution in [1.82, 2.24) is 0 Å². The normalized spacial score (nSPS) is 10.6. The summed E-state index contributed by atoms with van der Waals surface area (Å²) in [5.41, 5.74) is 0.787. The van der Waals surface area contributed by atoms with Crippen LogP contribution in [0.1, 0.15) is 63.9 Å². The van der Waals surface area contributed by atoms with Gasteiger partial charge in [-0.2, -0.15) is 0 Å². The Labute approximate surface area is 113 Å². The largest absolute Gasteiger partial charge is 0.494 e. The second-order valence-corrected chi connectivity index (χ2v) is 4.89. The first-order valence-corrected chi connectivity index (χ1v) is 7.31. The maximum absolute atomic E-state index is 5.65. The van der Waals surface area contributed by atoms with E-state index in [1.54, 1.807) is 0 Å². The van der Waals surface area contributed by atoms with E-state index >= 15 is 0 Å². The molecule has 18 heavy (non-hydrogen) atoms. The third-order valence-corrected chi connectivity index (χ3v) is 3.15. The minimum Gasteiger partial charge on any atom is -0.494 e. The smallest absolute Gasteiger partial charge is 0.119 e. The number of unbranched alkanes of at least 4 members (excludes halogenated alkanes) is 7. The molecular weight excluding hydrogens is 220 g/mol. The Kier molecular flexibility index (Phi) is 8.37. The van der Waals surface area contributed by atoms with Crippen LogP contribution in [-0.4, -0.2) is 6.61 Å². The van der Waals surface area contributed by atoms with E-state index in [0.29, 0.717) is 0 Å². The highest BCUT2D eigenvalue weighted by Crippen LogP contribution is 2.13. The van der Waals surface area contributed by atoms with Gasteiger partial charge in [-0.1, -0.05) is 64.0 Å². The first-order chi connectivity index (χ1) is 8.83. The molecule has 100 valence electrons. The highest BCUT2D eigenvalue weighted by molar-refractivity contribution is 5.28. The highest BCUT2D eigenvalue weighted by Gasteiger charge is 1.94.